The molecule has 2 unspecified atom stereocenters. The first-order valence-electron chi connectivity index (χ1n) is 9.06. The highest BCUT2D eigenvalue weighted by atomic mass is 16.5. The second-order valence-corrected chi connectivity index (χ2v) is 7.24. The molecular formula is C20H26N2O2. The number of hydrogen-bond donors (Lipinski definition) is 1. The Morgan fingerprint density at radius 3 is 2.96 bits per heavy atom. The minimum atomic E-state index is -0.469. The molecule has 4 nitrogen and oxygen atoms in total. The van der Waals surface area contributed by atoms with Crippen LogP contribution >= 0.6 is 0 Å². The van der Waals surface area contributed by atoms with Crippen LogP contribution in [-0.4, -0.2) is 41.2 Å². The van der Waals surface area contributed by atoms with Gasteiger partial charge in [-0.05, 0) is 61.1 Å². The van der Waals surface area contributed by atoms with Crippen molar-refractivity contribution in [2.75, 3.05) is 20.2 Å². The summed E-state index contributed by atoms with van der Waals surface area (Å²) in [5, 5.41) is 12.2. The second kappa shape index (κ2) is 6.34. The Bertz CT molecular complexity index is 733. The summed E-state index contributed by atoms with van der Waals surface area (Å²) in [5.74, 6) is 2.37. The van der Waals surface area contributed by atoms with E-state index in [-0.39, 0.29) is 6.04 Å². The predicted molar refractivity (Wildman–Crippen MR) is 95.1 cm³/mol. The van der Waals surface area contributed by atoms with E-state index >= 15 is 0 Å². The Morgan fingerprint density at radius 1 is 1.38 bits per heavy atom. The van der Waals surface area contributed by atoms with Gasteiger partial charge in [0.15, 0.2) is 0 Å². The summed E-state index contributed by atoms with van der Waals surface area (Å²) in [5.41, 5.74) is 1.89. The topological polar surface area (TPSA) is 45.6 Å². The Labute approximate surface area is 143 Å². The SMILES string of the molecule is CC[C@H]1CN2CC[C@H]1C[C@H]2C(O)c1ccnc2ccc(OC)cc12. The number of aliphatic hydroxyl groups excluding tert-OH is 1. The molecule has 3 aliphatic heterocycles. The van der Waals surface area contributed by atoms with E-state index in [2.05, 4.69) is 16.8 Å². The van der Waals surface area contributed by atoms with Gasteiger partial charge in [0.2, 0.25) is 0 Å². The van der Waals surface area contributed by atoms with Gasteiger partial charge in [0.05, 0.1) is 18.7 Å². The smallest absolute Gasteiger partial charge is 0.119 e. The standard InChI is InChI=1S/C20H26N2O2/c1-3-13-12-22-9-7-14(13)10-19(22)20(23)16-6-8-21-18-5-4-15(24-2)11-17(16)18/h4-6,8,11,13-14,19-20,23H,3,7,9-10,12H2,1-2H3/t13-,14-,19-,20?/m0/s1. The number of ether oxygens (including phenoxy) is 1. The number of rotatable bonds is 4. The van der Waals surface area contributed by atoms with Gasteiger partial charge in [0, 0.05) is 24.2 Å². The number of aliphatic hydroxyl groups is 1. The molecular weight excluding hydrogens is 300 g/mol. The zero-order chi connectivity index (χ0) is 16.7. The molecule has 128 valence electrons. The highest BCUT2D eigenvalue weighted by molar-refractivity contribution is 5.83. The van der Waals surface area contributed by atoms with Crippen LogP contribution in [0.15, 0.2) is 30.5 Å². The van der Waals surface area contributed by atoms with Crippen molar-refractivity contribution in [1.82, 2.24) is 9.88 Å². The van der Waals surface area contributed by atoms with Crippen LogP contribution < -0.4 is 4.74 Å². The van der Waals surface area contributed by atoms with Crippen molar-refractivity contribution in [2.45, 2.75) is 38.3 Å². The van der Waals surface area contributed by atoms with E-state index in [1.807, 2.05) is 24.3 Å². The molecule has 0 aliphatic carbocycles. The third-order valence-corrected chi connectivity index (χ3v) is 6.13. The van der Waals surface area contributed by atoms with E-state index in [1.165, 1.54) is 12.8 Å². The van der Waals surface area contributed by atoms with Gasteiger partial charge in [0.1, 0.15) is 5.75 Å². The maximum Gasteiger partial charge on any atom is 0.119 e. The number of aromatic nitrogens is 1. The average Bonchev–Trinajstić information content (AvgIpc) is 2.66. The van der Waals surface area contributed by atoms with Crippen LogP contribution in [0.4, 0.5) is 0 Å². The summed E-state index contributed by atoms with van der Waals surface area (Å²) in [6.45, 7) is 4.55. The quantitative estimate of drug-likeness (QED) is 0.935. The lowest BCUT2D eigenvalue weighted by Gasteiger charge is -2.51. The van der Waals surface area contributed by atoms with Gasteiger partial charge in [0.25, 0.3) is 0 Å². The molecule has 0 spiro atoms. The lowest BCUT2D eigenvalue weighted by atomic mass is 9.72. The van der Waals surface area contributed by atoms with Gasteiger partial charge in [-0.1, -0.05) is 13.3 Å². The van der Waals surface area contributed by atoms with Gasteiger partial charge < -0.3 is 9.84 Å². The fourth-order valence-electron chi connectivity index (χ4n) is 4.71. The first kappa shape index (κ1) is 15.9. The molecule has 3 aliphatic rings. The summed E-state index contributed by atoms with van der Waals surface area (Å²) in [4.78, 5) is 6.94. The first-order chi connectivity index (χ1) is 11.7. The number of hydrogen-bond acceptors (Lipinski definition) is 4. The highest BCUT2D eigenvalue weighted by Crippen LogP contribution is 2.42. The minimum absolute atomic E-state index is 0.225. The van der Waals surface area contributed by atoms with Gasteiger partial charge in [-0.2, -0.15) is 0 Å². The first-order valence-corrected chi connectivity index (χ1v) is 9.06. The van der Waals surface area contributed by atoms with E-state index in [4.69, 9.17) is 4.74 Å². The Kier molecular flexibility index (Phi) is 4.19. The molecule has 0 amide bonds. The number of benzene rings is 1. The molecule has 1 N–H and O–H groups in total. The Balaban J connectivity index is 1.68. The van der Waals surface area contributed by atoms with Crippen LogP contribution in [0.5, 0.6) is 5.75 Å². The number of nitrogens with zero attached hydrogens (tertiary/aromatic N) is 2. The number of piperidine rings is 3. The van der Waals surface area contributed by atoms with Crippen molar-refractivity contribution < 1.29 is 9.84 Å². The lowest BCUT2D eigenvalue weighted by molar-refractivity contribution is -0.0562. The van der Waals surface area contributed by atoms with Crippen molar-refractivity contribution >= 4 is 10.9 Å². The maximum absolute atomic E-state index is 11.2. The van der Waals surface area contributed by atoms with Crippen LogP contribution in [0.1, 0.15) is 37.9 Å². The highest BCUT2D eigenvalue weighted by Gasteiger charge is 2.42. The molecule has 1 aromatic carbocycles. The lowest BCUT2D eigenvalue weighted by Crippen LogP contribution is -2.55. The molecule has 5 atom stereocenters. The van der Waals surface area contributed by atoms with Crippen molar-refractivity contribution in [1.29, 1.82) is 0 Å². The van der Waals surface area contributed by atoms with E-state index in [1.54, 1.807) is 13.3 Å². The molecule has 3 fully saturated rings. The molecule has 2 aromatic rings. The van der Waals surface area contributed by atoms with E-state index in [0.717, 1.165) is 53.6 Å². The van der Waals surface area contributed by atoms with Gasteiger partial charge in [-0.15, -0.1) is 0 Å². The molecule has 3 saturated heterocycles. The van der Waals surface area contributed by atoms with Gasteiger partial charge in [-0.3, -0.25) is 9.88 Å². The number of fused-ring (bicyclic) bond motifs is 4. The fourth-order valence-corrected chi connectivity index (χ4v) is 4.71. The average molecular weight is 326 g/mol. The van der Waals surface area contributed by atoms with Gasteiger partial charge in [-0.25, -0.2) is 0 Å². The summed E-state index contributed by atoms with van der Waals surface area (Å²) in [6.07, 6.45) is 4.97. The Morgan fingerprint density at radius 2 is 2.25 bits per heavy atom. The predicted octanol–water partition coefficient (Wildman–Crippen LogP) is 3.40. The van der Waals surface area contributed by atoms with Crippen LogP contribution in [0, 0.1) is 11.8 Å². The summed E-state index contributed by atoms with van der Waals surface area (Å²) >= 11 is 0. The van der Waals surface area contributed by atoms with Crippen molar-refractivity contribution in [2.24, 2.45) is 11.8 Å². The molecule has 24 heavy (non-hydrogen) atoms. The zero-order valence-corrected chi connectivity index (χ0v) is 14.5. The molecule has 0 saturated carbocycles. The van der Waals surface area contributed by atoms with Crippen LogP contribution in [-0.2, 0) is 0 Å². The molecule has 2 bridgehead atoms. The number of pyridine rings is 1. The zero-order valence-electron chi connectivity index (χ0n) is 14.5. The maximum atomic E-state index is 11.2. The van der Waals surface area contributed by atoms with Crippen molar-refractivity contribution in [3.05, 3.63) is 36.0 Å². The van der Waals surface area contributed by atoms with E-state index in [9.17, 15) is 5.11 Å². The normalized spacial score (nSPS) is 30.5. The molecule has 4 heterocycles. The monoisotopic (exact) mass is 326 g/mol. The van der Waals surface area contributed by atoms with Crippen LogP contribution in [0.25, 0.3) is 10.9 Å². The van der Waals surface area contributed by atoms with Crippen molar-refractivity contribution in [3.63, 3.8) is 0 Å². The largest absolute Gasteiger partial charge is 0.497 e. The second-order valence-electron chi connectivity index (χ2n) is 7.24. The van der Waals surface area contributed by atoms with Gasteiger partial charge >= 0.3 is 0 Å². The molecule has 5 rings (SSSR count). The third kappa shape index (κ3) is 2.58. The summed E-state index contributed by atoms with van der Waals surface area (Å²) < 4.78 is 5.36. The Hall–Kier alpha value is -1.65. The van der Waals surface area contributed by atoms with Crippen molar-refractivity contribution in [3.8, 4) is 5.75 Å². The van der Waals surface area contributed by atoms with E-state index in [0.29, 0.717) is 0 Å². The third-order valence-electron chi connectivity index (χ3n) is 6.13. The fraction of sp³-hybridized carbons (Fsp3) is 0.550. The molecule has 1 aromatic heterocycles. The number of methoxy groups -OCH3 is 1. The van der Waals surface area contributed by atoms with Crippen LogP contribution in [0.2, 0.25) is 0 Å². The minimum Gasteiger partial charge on any atom is -0.497 e. The summed E-state index contributed by atoms with van der Waals surface area (Å²) in [7, 11) is 1.67. The summed E-state index contributed by atoms with van der Waals surface area (Å²) in [6, 6.07) is 8.07. The molecule has 4 heteroatoms. The molecule has 0 radical (unpaired) electrons. The van der Waals surface area contributed by atoms with Crippen LogP contribution in [0.3, 0.4) is 0 Å². The van der Waals surface area contributed by atoms with E-state index < -0.39 is 6.10 Å².